The molecule has 1 aromatic carbocycles. The van der Waals surface area contributed by atoms with Gasteiger partial charge in [0.1, 0.15) is 0 Å². The van der Waals surface area contributed by atoms with Crippen LogP contribution in [0.15, 0.2) is 48.7 Å². The van der Waals surface area contributed by atoms with E-state index in [0.29, 0.717) is 6.54 Å². The van der Waals surface area contributed by atoms with Crippen LogP contribution in [0.4, 0.5) is 0 Å². The lowest BCUT2D eigenvalue weighted by Crippen LogP contribution is -2.33. The van der Waals surface area contributed by atoms with Crippen LogP contribution >= 0.6 is 0 Å². The molecule has 20 heavy (non-hydrogen) atoms. The van der Waals surface area contributed by atoms with Crippen LogP contribution in [-0.4, -0.2) is 34.5 Å². The minimum atomic E-state index is -0.772. The van der Waals surface area contributed by atoms with E-state index in [1.165, 1.54) is 5.56 Å². The Labute approximate surface area is 119 Å². The van der Waals surface area contributed by atoms with Crippen molar-refractivity contribution >= 4 is 0 Å². The average Bonchev–Trinajstić information content (AvgIpc) is 2.50. The first-order chi connectivity index (χ1) is 9.70. The Morgan fingerprint density at radius 1 is 1.15 bits per heavy atom. The number of nitrogens with one attached hydrogen (secondary N) is 1. The minimum absolute atomic E-state index is 0.0991. The summed E-state index contributed by atoms with van der Waals surface area (Å²) >= 11 is 0. The molecule has 0 radical (unpaired) electrons. The SMILES string of the molecule is Cc1ccc(C(NC[C@@H](O)CO)c2ccccn2)cc1. The van der Waals surface area contributed by atoms with E-state index < -0.39 is 6.10 Å². The van der Waals surface area contributed by atoms with E-state index in [4.69, 9.17) is 5.11 Å². The Morgan fingerprint density at radius 3 is 2.50 bits per heavy atom. The van der Waals surface area contributed by atoms with Crippen molar-refractivity contribution in [3.8, 4) is 0 Å². The van der Waals surface area contributed by atoms with Gasteiger partial charge in [-0.05, 0) is 24.6 Å². The zero-order valence-electron chi connectivity index (χ0n) is 11.5. The molecule has 0 aliphatic carbocycles. The number of hydrogen-bond acceptors (Lipinski definition) is 4. The average molecular weight is 272 g/mol. The molecule has 0 spiro atoms. The Hall–Kier alpha value is -1.75. The highest BCUT2D eigenvalue weighted by Crippen LogP contribution is 2.20. The van der Waals surface area contributed by atoms with Crippen molar-refractivity contribution in [3.63, 3.8) is 0 Å². The molecule has 2 aromatic rings. The van der Waals surface area contributed by atoms with Crippen LogP contribution < -0.4 is 5.32 Å². The summed E-state index contributed by atoms with van der Waals surface area (Å²) in [6, 6.07) is 13.9. The molecule has 1 aromatic heterocycles. The van der Waals surface area contributed by atoms with Gasteiger partial charge in [-0.2, -0.15) is 0 Å². The first kappa shape index (κ1) is 14.7. The largest absolute Gasteiger partial charge is 0.394 e. The highest BCUT2D eigenvalue weighted by atomic mass is 16.3. The number of pyridine rings is 1. The molecule has 106 valence electrons. The zero-order valence-corrected chi connectivity index (χ0v) is 11.5. The molecule has 0 amide bonds. The van der Waals surface area contributed by atoms with Gasteiger partial charge in [0.05, 0.1) is 24.4 Å². The molecule has 0 aliphatic rings. The fraction of sp³-hybridized carbons (Fsp3) is 0.312. The zero-order chi connectivity index (χ0) is 14.4. The lowest BCUT2D eigenvalue weighted by atomic mass is 10.0. The van der Waals surface area contributed by atoms with E-state index in [2.05, 4.69) is 22.4 Å². The number of benzene rings is 1. The second-order valence-corrected chi connectivity index (χ2v) is 4.84. The van der Waals surface area contributed by atoms with Crippen LogP contribution in [0.1, 0.15) is 22.9 Å². The van der Waals surface area contributed by atoms with Crippen LogP contribution in [0.25, 0.3) is 0 Å². The molecular weight excluding hydrogens is 252 g/mol. The maximum atomic E-state index is 9.51. The Morgan fingerprint density at radius 2 is 1.90 bits per heavy atom. The predicted octanol–water partition coefficient (Wildman–Crippen LogP) is 1.42. The number of rotatable bonds is 6. The van der Waals surface area contributed by atoms with E-state index in [1.54, 1.807) is 6.20 Å². The van der Waals surface area contributed by atoms with Gasteiger partial charge in [0.25, 0.3) is 0 Å². The van der Waals surface area contributed by atoms with Crippen molar-refractivity contribution in [1.29, 1.82) is 0 Å². The van der Waals surface area contributed by atoms with Crippen molar-refractivity contribution in [2.45, 2.75) is 19.1 Å². The molecular formula is C16H20N2O2. The summed E-state index contributed by atoms with van der Waals surface area (Å²) in [6.45, 7) is 2.10. The fourth-order valence-electron chi connectivity index (χ4n) is 2.02. The highest BCUT2D eigenvalue weighted by Gasteiger charge is 2.16. The van der Waals surface area contributed by atoms with Crippen molar-refractivity contribution in [2.24, 2.45) is 0 Å². The first-order valence-electron chi connectivity index (χ1n) is 6.70. The summed E-state index contributed by atoms with van der Waals surface area (Å²) in [6.07, 6.45) is 0.979. The van der Waals surface area contributed by atoms with Crippen LogP contribution in [0.2, 0.25) is 0 Å². The van der Waals surface area contributed by atoms with E-state index in [1.807, 2.05) is 37.3 Å². The van der Waals surface area contributed by atoms with E-state index in [-0.39, 0.29) is 12.6 Å². The number of nitrogens with zero attached hydrogens (tertiary/aromatic N) is 1. The third-order valence-corrected chi connectivity index (χ3v) is 3.16. The maximum absolute atomic E-state index is 9.51. The number of hydrogen-bond donors (Lipinski definition) is 3. The minimum Gasteiger partial charge on any atom is -0.394 e. The quantitative estimate of drug-likeness (QED) is 0.744. The van der Waals surface area contributed by atoms with Gasteiger partial charge in [-0.1, -0.05) is 35.9 Å². The molecule has 0 bridgehead atoms. The summed E-state index contributed by atoms with van der Waals surface area (Å²) in [5.41, 5.74) is 3.17. The monoisotopic (exact) mass is 272 g/mol. The molecule has 2 atom stereocenters. The molecule has 1 heterocycles. The van der Waals surface area contributed by atoms with Gasteiger partial charge >= 0.3 is 0 Å². The van der Waals surface area contributed by atoms with Gasteiger partial charge in [0.15, 0.2) is 0 Å². The molecule has 0 saturated carbocycles. The highest BCUT2D eigenvalue weighted by molar-refractivity contribution is 5.30. The van der Waals surface area contributed by atoms with Crippen LogP contribution in [-0.2, 0) is 0 Å². The van der Waals surface area contributed by atoms with Crippen molar-refractivity contribution in [1.82, 2.24) is 10.3 Å². The first-order valence-corrected chi connectivity index (χ1v) is 6.70. The lowest BCUT2D eigenvalue weighted by Gasteiger charge is -2.20. The van der Waals surface area contributed by atoms with Gasteiger partial charge in [0, 0.05) is 12.7 Å². The lowest BCUT2D eigenvalue weighted by molar-refractivity contribution is 0.0928. The van der Waals surface area contributed by atoms with Crippen molar-refractivity contribution in [2.75, 3.05) is 13.2 Å². The van der Waals surface area contributed by atoms with Gasteiger partial charge < -0.3 is 15.5 Å². The van der Waals surface area contributed by atoms with Gasteiger partial charge in [-0.25, -0.2) is 0 Å². The molecule has 0 fully saturated rings. The van der Waals surface area contributed by atoms with Crippen molar-refractivity contribution < 1.29 is 10.2 Å². The molecule has 0 saturated heterocycles. The van der Waals surface area contributed by atoms with Gasteiger partial charge in [0.2, 0.25) is 0 Å². The topological polar surface area (TPSA) is 65.4 Å². The summed E-state index contributed by atoms with van der Waals surface area (Å²) in [7, 11) is 0. The molecule has 0 aliphatic heterocycles. The Balaban J connectivity index is 2.22. The standard InChI is InChI=1S/C16H20N2O2/c1-12-5-7-13(8-6-12)16(18-10-14(20)11-19)15-4-2-3-9-17-15/h2-9,14,16,18-20H,10-11H2,1H3/t14-,16?/m1/s1. The normalized spacial score (nSPS) is 13.9. The number of aromatic nitrogens is 1. The summed E-state index contributed by atoms with van der Waals surface area (Å²) < 4.78 is 0. The van der Waals surface area contributed by atoms with Crippen LogP contribution in [0.5, 0.6) is 0 Å². The second-order valence-electron chi connectivity index (χ2n) is 4.84. The molecule has 2 rings (SSSR count). The third-order valence-electron chi connectivity index (χ3n) is 3.16. The molecule has 1 unspecified atom stereocenters. The number of aliphatic hydroxyl groups excluding tert-OH is 2. The summed E-state index contributed by atoms with van der Waals surface area (Å²) in [4.78, 5) is 4.38. The van der Waals surface area contributed by atoms with Crippen LogP contribution in [0, 0.1) is 6.92 Å². The summed E-state index contributed by atoms with van der Waals surface area (Å²) in [5, 5.41) is 21.7. The van der Waals surface area contributed by atoms with E-state index in [0.717, 1.165) is 11.3 Å². The van der Waals surface area contributed by atoms with E-state index >= 15 is 0 Å². The Kier molecular flexibility index (Phi) is 5.24. The third kappa shape index (κ3) is 3.87. The fourth-order valence-corrected chi connectivity index (χ4v) is 2.02. The van der Waals surface area contributed by atoms with Gasteiger partial charge in [-0.15, -0.1) is 0 Å². The molecule has 4 nitrogen and oxygen atoms in total. The second kappa shape index (κ2) is 7.14. The number of aliphatic hydroxyl groups is 2. The molecule has 4 heteroatoms. The van der Waals surface area contributed by atoms with E-state index in [9.17, 15) is 5.11 Å². The van der Waals surface area contributed by atoms with Gasteiger partial charge in [-0.3, -0.25) is 4.98 Å². The smallest absolute Gasteiger partial charge is 0.0895 e. The number of aryl methyl sites for hydroxylation is 1. The Bertz CT molecular complexity index is 514. The molecule has 3 N–H and O–H groups in total. The maximum Gasteiger partial charge on any atom is 0.0895 e. The van der Waals surface area contributed by atoms with Crippen molar-refractivity contribution in [3.05, 3.63) is 65.5 Å². The van der Waals surface area contributed by atoms with Crippen LogP contribution in [0.3, 0.4) is 0 Å². The predicted molar refractivity (Wildman–Crippen MR) is 78.4 cm³/mol. The summed E-state index contributed by atoms with van der Waals surface area (Å²) in [5.74, 6) is 0.